The van der Waals surface area contributed by atoms with E-state index in [1.165, 1.54) is 12.2 Å². The highest BCUT2D eigenvalue weighted by atomic mass is 16.5. The Morgan fingerprint density at radius 2 is 2.19 bits per heavy atom. The van der Waals surface area contributed by atoms with Crippen molar-refractivity contribution >= 4 is 5.97 Å². The molecule has 0 spiro atoms. The standard InChI is InChI=1S/C17H28O4/c1-4-6-7-12(3)21-17(20)9-8-16(19)15-11-14(18)10-13(15)5-2/h5,8-9,12-16,18-19H,2,4,6-7,10-11H2,1,3H3. The first-order valence-corrected chi connectivity index (χ1v) is 7.85. The van der Waals surface area contributed by atoms with E-state index in [2.05, 4.69) is 13.5 Å². The summed E-state index contributed by atoms with van der Waals surface area (Å²) >= 11 is 0. The van der Waals surface area contributed by atoms with Crippen molar-refractivity contribution in [3.8, 4) is 0 Å². The lowest BCUT2D eigenvalue weighted by Crippen LogP contribution is -2.22. The van der Waals surface area contributed by atoms with Crippen LogP contribution in [0, 0.1) is 11.8 Å². The van der Waals surface area contributed by atoms with Crippen LogP contribution in [0.5, 0.6) is 0 Å². The Labute approximate surface area is 127 Å². The van der Waals surface area contributed by atoms with Gasteiger partial charge in [0.2, 0.25) is 0 Å². The van der Waals surface area contributed by atoms with Crippen molar-refractivity contribution < 1.29 is 19.7 Å². The zero-order valence-electron chi connectivity index (χ0n) is 13.1. The Bertz CT molecular complexity index is 364. The Balaban J connectivity index is 2.44. The highest BCUT2D eigenvalue weighted by molar-refractivity contribution is 5.82. The zero-order valence-corrected chi connectivity index (χ0v) is 13.1. The van der Waals surface area contributed by atoms with Crippen LogP contribution in [0.2, 0.25) is 0 Å². The fourth-order valence-electron chi connectivity index (χ4n) is 2.85. The van der Waals surface area contributed by atoms with Crippen LogP contribution in [0.1, 0.15) is 46.0 Å². The minimum atomic E-state index is -0.761. The van der Waals surface area contributed by atoms with Crippen LogP contribution in [-0.4, -0.2) is 34.5 Å². The van der Waals surface area contributed by atoms with Gasteiger partial charge in [0.1, 0.15) is 0 Å². The van der Waals surface area contributed by atoms with Crippen LogP contribution < -0.4 is 0 Å². The number of carbonyl (C=O) groups is 1. The van der Waals surface area contributed by atoms with Crippen molar-refractivity contribution in [3.63, 3.8) is 0 Å². The highest BCUT2D eigenvalue weighted by Gasteiger charge is 2.35. The third-order valence-electron chi connectivity index (χ3n) is 4.09. The van der Waals surface area contributed by atoms with Crippen LogP contribution in [0.25, 0.3) is 0 Å². The quantitative estimate of drug-likeness (QED) is 0.410. The van der Waals surface area contributed by atoms with Crippen molar-refractivity contribution in [1.82, 2.24) is 0 Å². The smallest absolute Gasteiger partial charge is 0.330 e. The number of rotatable bonds is 8. The second-order valence-corrected chi connectivity index (χ2v) is 5.93. The van der Waals surface area contributed by atoms with Crippen LogP contribution in [0.15, 0.2) is 24.8 Å². The van der Waals surface area contributed by atoms with Gasteiger partial charge in [0, 0.05) is 6.08 Å². The van der Waals surface area contributed by atoms with E-state index >= 15 is 0 Å². The third-order valence-corrected chi connectivity index (χ3v) is 4.09. The van der Waals surface area contributed by atoms with Gasteiger partial charge >= 0.3 is 5.97 Å². The number of hydrogen-bond donors (Lipinski definition) is 2. The molecular formula is C17H28O4. The molecule has 5 atom stereocenters. The average molecular weight is 296 g/mol. The molecule has 0 saturated heterocycles. The lowest BCUT2D eigenvalue weighted by Gasteiger charge is -2.19. The fourth-order valence-corrected chi connectivity index (χ4v) is 2.85. The highest BCUT2D eigenvalue weighted by Crippen LogP contribution is 2.35. The number of allylic oxidation sites excluding steroid dienone is 1. The molecule has 0 radical (unpaired) electrons. The molecule has 0 aromatic carbocycles. The van der Waals surface area contributed by atoms with E-state index in [1.807, 2.05) is 6.92 Å². The van der Waals surface area contributed by atoms with Crippen LogP contribution in [-0.2, 0) is 9.53 Å². The van der Waals surface area contributed by atoms with E-state index in [9.17, 15) is 15.0 Å². The second-order valence-electron chi connectivity index (χ2n) is 5.93. The molecule has 5 unspecified atom stereocenters. The van der Waals surface area contributed by atoms with E-state index in [4.69, 9.17) is 4.74 Å². The monoisotopic (exact) mass is 296 g/mol. The minimum absolute atomic E-state index is 0.0825. The van der Waals surface area contributed by atoms with Gasteiger partial charge in [0.05, 0.1) is 18.3 Å². The van der Waals surface area contributed by atoms with Crippen molar-refractivity contribution in [2.75, 3.05) is 0 Å². The molecule has 2 N–H and O–H groups in total. The summed E-state index contributed by atoms with van der Waals surface area (Å²) in [4.78, 5) is 11.7. The Morgan fingerprint density at radius 1 is 1.48 bits per heavy atom. The molecule has 1 aliphatic carbocycles. The maximum atomic E-state index is 11.7. The molecule has 0 aromatic heterocycles. The summed E-state index contributed by atoms with van der Waals surface area (Å²) in [7, 11) is 0. The van der Waals surface area contributed by atoms with E-state index in [0.717, 1.165) is 19.3 Å². The molecule has 4 nitrogen and oxygen atoms in total. The summed E-state index contributed by atoms with van der Waals surface area (Å²) in [5, 5.41) is 19.8. The molecule has 21 heavy (non-hydrogen) atoms. The first-order valence-electron chi connectivity index (χ1n) is 7.85. The van der Waals surface area contributed by atoms with E-state index < -0.39 is 18.2 Å². The molecule has 1 fully saturated rings. The normalized spacial score (nSPS) is 28.5. The molecule has 120 valence electrons. The van der Waals surface area contributed by atoms with Gasteiger partial charge in [-0.25, -0.2) is 4.79 Å². The summed E-state index contributed by atoms with van der Waals surface area (Å²) < 4.78 is 5.23. The number of esters is 1. The van der Waals surface area contributed by atoms with Gasteiger partial charge in [-0.2, -0.15) is 0 Å². The SMILES string of the molecule is C=CC1CC(O)CC1C(O)C=CC(=O)OC(C)CCCC. The van der Waals surface area contributed by atoms with E-state index in [0.29, 0.717) is 12.8 Å². The summed E-state index contributed by atoms with van der Waals surface area (Å²) in [5.74, 6) is -0.426. The average Bonchev–Trinajstić information content (AvgIpc) is 2.83. The Hall–Kier alpha value is -1.13. The number of ether oxygens (including phenoxy) is 1. The first kappa shape index (κ1) is 17.9. The maximum Gasteiger partial charge on any atom is 0.330 e. The summed E-state index contributed by atoms with van der Waals surface area (Å²) in [5.41, 5.74) is 0. The summed E-state index contributed by atoms with van der Waals surface area (Å²) in [6, 6.07) is 0. The lowest BCUT2D eigenvalue weighted by atomic mass is 9.90. The van der Waals surface area contributed by atoms with E-state index in [-0.39, 0.29) is 17.9 Å². The second kappa shape index (κ2) is 9.00. The molecular weight excluding hydrogens is 268 g/mol. The lowest BCUT2D eigenvalue weighted by molar-refractivity contribution is -0.142. The molecule has 0 amide bonds. The van der Waals surface area contributed by atoms with E-state index in [1.54, 1.807) is 6.08 Å². The molecule has 1 aliphatic rings. The van der Waals surface area contributed by atoms with Gasteiger partial charge < -0.3 is 14.9 Å². The predicted molar refractivity (Wildman–Crippen MR) is 82.6 cm³/mol. The fraction of sp³-hybridized carbons (Fsp3) is 0.706. The Morgan fingerprint density at radius 3 is 2.81 bits per heavy atom. The molecule has 0 bridgehead atoms. The molecule has 0 aromatic rings. The number of aliphatic hydroxyl groups is 2. The largest absolute Gasteiger partial charge is 0.460 e. The van der Waals surface area contributed by atoms with Crippen molar-refractivity contribution in [2.24, 2.45) is 11.8 Å². The summed E-state index contributed by atoms with van der Waals surface area (Å²) in [6.45, 7) is 7.70. The van der Waals surface area contributed by atoms with Gasteiger partial charge in [-0.1, -0.05) is 25.8 Å². The minimum Gasteiger partial charge on any atom is -0.460 e. The molecule has 1 rings (SSSR count). The van der Waals surface area contributed by atoms with Gasteiger partial charge in [-0.15, -0.1) is 6.58 Å². The number of aliphatic hydroxyl groups excluding tert-OH is 2. The molecule has 4 heteroatoms. The van der Waals surface area contributed by atoms with Crippen molar-refractivity contribution in [1.29, 1.82) is 0 Å². The maximum absolute atomic E-state index is 11.7. The van der Waals surface area contributed by atoms with Crippen molar-refractivity contribution in [3.05, 3.63) is 24.8 Å². The topological polar surface area (TPSA) is 66.8 Å². The third kappa shape index (κ3) is 6.02. The predicted octanol–water partition coefficient (Wildman–Crippen LogP) is 2.60. The van der Waals surface area contributed by atoms with Crippen LogP contribution in [0.3, 0.4) is 0 Å². The zero-order chi connectivity index (χ0) is 15.8. The Kier molecular flexibility index (Phi) is 7.68. The van der Waals surface area contributed by atoms with Crippen LogP contribution in [0.4, 0.5) is 0 Å². The van der Waals surface area contributed by atoms with Crippen molar-refractivity contribution in [2.45, 2.75) is 64.3 Å². The molecule has 0 heterocycles. The van der Waals surface area contributed by atoms with Gasteiger partial charge in [0.15, 0.2) is 0 Å². The summed E-state index contributed by atoms with van der Waals surface area (Å²) in [6.07, 6.45) is 7.37. The molecule has 0 aliphatic heterocycles. The van der Waals surface area contributed by atoms with Gasteiger partial charge in [-0.3, -0.25) is 0 Å². The van der Waals surface area contributed by atoms with Gasteiger partial charge in [0.25, 0.3) is 0 Å². The number of hydrogen-bond acceptors (Lipinski definition) is 4. The number of unbranched alkanes of at least 4 members (excludes halogenated alkanes) is 1. The number of carbonyl (C=O) groups excluding carboxylic acids is 1. The first-order chi connectivity index (χ1) is 9.97. The van der Waals surface area contributed by atoms with Gasteiger partial charge in [-0.05, 0) is 44.1 Å². The molecule has 1 saturated carbocycles. The van der Waals surface area contributed by atoms with Crippen LogP contribution >= 0.6 is 0 Å².